The Hall–Kier alpha value is -1.53. The Morgan fingerprint density at radius 1 is 1.38 bits per heavy atom. The number of nitrogens with one attached hydrogen (secondary N) is 1. The maximum atomic E-state index is 5.45. The van der Waals surface area contributed by atoms with E-state index in [0.29, 0.717) is 0 Å². The molecule has 2 rings (SSSR count). The Kier molecular flexibility index (Phi) is 6.07. The van der Waals surface area contributed by atoms with E-state index in [-0.39, 0.29) is 0 Å². The lowest BCUT2D eigenvalue weighted by Crippen LogP contribution is -2.13. The average Bonchev–Trinajstić information content (AvgIpc) is 2.91. The van der Waals surface area contributed by atoms with Crippen molar-refractivity contribution in [1.29, 1.82) is 0 Å². The van der Waals surface area contributed by atoms with Crippen molar-refractivity contribution >= 4 is 11.8 Å². The van der Waals surface area contributed by atoms with Crippen LogP contribution in [-0.4, -0.2) is 28.4 Å². The molecule has 1 N–H and O–H groups in total. The summed E-state index contributed by atoms with van der Waals surface area (Å²) in [5.41, 5.74) is 2.46. The van der Waals surface area contributed by atoms with Crippen molar-refractivity contribution < 1.29 is 4.74 Å². The predicted octanol–water partition coefficient (Wildman–Crippen LogP) is 2.62. The van der Waals surface area contributed by atoms with Gasteiger partial charge in [0.2, 0.25) is 0 Å². The minimum absolute atomic E-state index is 0.817. The summed E-state index contributed by atoms with van der Waals surface area (Å²) in [4.78, 5) is 4.23. The van der Waals surface area contributed by atoms with Crippen molar-refractivity contribution in [2.24, 2.45) is 7.05 Å². The third-order valence-corrected chi connectivity index (χ3v) is 4.21. The second-order valence-electron chi connectivity index (χ2n) is 4.78. The Bertz CT molecular complexity index is 571. The number of methoxy groups -OCH3 is 1. The molecule has 0 aliphatic carbocycles. The highest BCUT2D eigenvalue weighted by Crippen LogP contribution is 2.27. The molecule has 6 heteroatoms. The Morgan fingerprint density at radius 2 is 2.24 bits per heavy atom. The van der Waals surface area contributed by atoms with E-state index in [0.717, 1.165) is 36.2 Å². The van der Waals surface area contributed by atoms with Crippen LogP contribution >= 0.6 is 11.8 Å². The maximum absolute atomic E-state index is 5.45. The van der Waals surface area contributed by atoms with E-state index < -0.39 is 0 Å². The topological polar surface area (TPSA) is 52.0 Å². The van der Waals surface area contributed by atoms with Gasteiger partial charge in [-0.05, 0) is 30.7 Å². The number of ether oxygens (including phenoxy) is 1. The summed E-state index contributed by atoms with van der Waals surface area (Å²) in [7, 11) is 3.61. The third-order valence-electron chi connectivity index (χ3n) is 3.13. The molecule has 21 heavy (non-hydrogen) atoms. The van der Waals surface area contributed by atoms with Crippen LogP contribution in [0, 0.1) is 0 Å². The summed E-state index contributed by atoms with van der Waals surface area (Å²) >= 11 is 1.66. The standard InChI is InChI=1S/C15H22N4OS/c1-4-7-16-9-12-5-6-14(20-3)13(8-12)10-21-15-17-11-18-19(15)2/h5-6,8,11,16H,4,7,9-10H2,1-3H3. The molecule has 0 aliphatic heterocycles. The summed E-state index contributed by atoms with van der Waals surface area (Å²) in [6.45, 7) is 4.10. The summed E-state index contributed by atoms with van der Waals surface area (Å²) in [5, 5.41) is 8.41. The fraction of sp³-hybridized carbons (Fsp3) is 0.467. The lowest BCUT2D eigenvalue weighted by molar-refractivity contribution is 0.411. The minimum Gasteiger partial charge on any atom is -0.496 e. The molecular weight excluding hydrogens is 284 g/mol. The molecule has 0 unspecified atom stereocenters. The molecule has 0 saturated carbocycles. The molecule has 114 valence electrons. The molecular formula is C15H22N4OS. The van der Waals surface area contributed by atoms with Crippen LogP contribution in [0.2, 0.25) is 0 Å². The van der Waals surface area contributed by atoms with Gasteiger partial charge in [0.25, 0.3) is 0 Å². The summed E-state index contributed by atoms with van der Waals surface area (Å²) in [6, 6.07) is 6.35. The molecule has 1 heterocycles. The number of thioether (sulfide) groups is 1. The summed E-state index contributed by atoms with van der Waals surface area (Å²) < 4.78 is 7.23. The molecule has 0 bridgehead atoms. The molecule has 0 fully saturated rings. The number of nitrogens with zero attached hydrogens (tertiary/aromatic N) is 3. The van der Waals surface area contributed by atoms with E-state index in [1.54, 1.807) is 29.9 Å². The molecule has 0 atom stereocenters. The van der Waals surface area contributed by atoms with Gasteiger partial charge in [0.1, 0.15) is 12.1 Å². The van der Waals surface area contributed by atoms with Crippen molar-refractivity contribution in [2.45, 2.75) is 30.8 Å². The monoisotopic (exact) mass is 306 g/mol. The van der Waals surface area contributed by atoms with E-state index in [9.17, 15) is 0 Å². The highest BCUT2D eigenvalue weighted by molar-refractivity contribution is 7.98. The van der Waals surface area contributed by atoms with Gasteiger partial charge in [-0.2, -0.15) is 5.10 Å². The van der Waals surface area contributed by atoms with Gasteiger partial charge in [0.15, 0.2) is 5.16 Å². The first-order chi connectivity index (χ1) is 10.2. The minimum atomic E-state index is 0.817. The van der Waals surface area contributed by atoms with Crippen LogP contribution in [0.4, 0.5) is 0 Å². The van der Waals surface area contributed by atoms with E-state index in [2.05, 4.69) is 34.5 Å². The zero-order valence-corrected chi connectivity index (χ0v) is 13.6. The number of aromatic nitrogens is 3. The highest BCUT2D eigenvalue weighted by atomic mass is 32.2. The lowest BCUT2D eigenvalue weighted by Gasteiger charge is -2.11. The molecule has 0 amide bonds. The van der Waals surface area contributed by atoms with Crippen LogP contribution in [0.1, 0.15) is 24.5 Å². The Balaban J connectivity index is 2.05. The van der Waals surface area contributed by atoms with Crippen molar-refractivity contribution in [2.75, 3.05) is 13.7 Å². The van der Waals surface area contributed by atoms with Gasteiger partial charge in [-0.15, -0.1) is 0 Å². The summed E-state index contributed by atoms with van der Waals surface area (Å²) in [6.07, 6.45) is 2.72. The Labute approximate surface area is 130 Å². The van der Waals surface area contributed by atoms with E-state index in [1.807, 2.05) is 13.1 Å². The first-order valence-corrected chi connectivity index (χ1v) is 8.06. The second kappa shape index (κ2) is 8.05. The van der Waals surface area contributed by atoms with Gasteiger partial charge in [0, 0.05) is 24.9 Å². The van der Waals surface area contributed by atoms with Gasteiger partial charge in [-0.1, -0.05) is 24.8 Å². The Morgan fingerprint density at radius 3 is 2.90 bits per heavy atom. The number of hydrogen-bond acceptors (Lipinski definition) is 5. The van der Waals surface area contributed by atoms with Crippen molar-refractivity contribution in [3.8, 4) is 5.75 Å². The van der Waals surface area contributed by atoms with Crippen molar-refractivity contribution in [1.82, 2.24) is 20.1 Å². The van der Waals surface area contributed by atoms with E-state index >= 15 is 0 Å². The third kappa shape index (κ3) is 4.47. The van der Waals surface area contributed by atoms with E-state index in [4.69, 9.17) is 4.74 Å². The maximum Gasteiger partial charge on any atom is 0.186 e. The molecule has 5 nitrogen and oxygen atoms in total. The second-order valence-corrected chi connectivity index (χ2v) is 5.72. The molecule has 0 saturated heterocycles. The first-order valence-electron chi connectivity index (χ1n) is 7.08. The number of aryl methyl sites for hydroxylation is 1. The van der Waals surface area contributed by atoms with Crippen LogP contribution in [0.25, 0.3) is 0 Å². The zero-order chi connectivity index (χ0) is 15.1. The zero-order valence-electron chi connectivity index (χ0n) is 12.8. The fourth-order valence-electron chi connectivity index (χ4n) is 2.02. The van der Waals surface area contributed by atoms with Crippen LogP contribution in [0.5, 0.6) is 5.75 Å². The van der Waals surface area contributed by atoms with Crippen molar-refractivity contribution in [3.63, 3.8) is 0 Å². The smallest absolute Gasteiger partial charge is 0.186 e. The molecule has 1 aromatic carbocycles. The normalized spacial score (nSPS) is 10.8. The van der Waals surface area contributed by atoms with Gasteiger partial charge in [-0.3, -0.25) is 0 Å². The van der Waals surface area contributed by atoms with Crippen LogP contribution < -0.4 is 10.1 Å². The quantitative estimate of drug-likeness (QED) is 0.600. The molecule has 1 aromatic heterocycles. The van der Waals surface area contributed by atoms with E-state index in [1.165, 1.54) is 11.1 Å². The first kappa shape index (κ1) is 15.9. The summed E-state index contributed by atoms with van der Waals surface area (Å²) in [5.74, 6) is 1.74. The molecule has 0 aliphatic rings. The van der Waals surface area contributed by atoms with Crippen LogP contribution in [0.3, 0.4) is 0 Å². The van der Waals surface area contributed by atoms with Crippen LogP contribution in [-0.2, 0) is 19.3 Å². The van der Waals surface area contributed by atoms with Gasteiger partial charge in [0.05, 0.1) is 7.11 Å². The average molecular weight is 306 g/mol. The van der Waals surface area contributed by atoms with Crippen molar-refractivity contribution in [3.05, 3.63) is 35.7 Å². The SMILES string of the molecule is CCCNCc1ccc(OC)c(CSc2ncnn2C)c1. The highest BCUT2D eigenvalue weighted by Gasteiger charge is 2.08. The largest absolute Gasteiger partial charge is 0.496 e. The number of rotatable bonds is 8. The molecule has 0 radical (unpaired) electrons. The lowest BCUT2D eigenvalue weighted by atomic mass is 10.1. The van der Waals surface area contributed by atoms with Gasteiger partial charge in [-0.25, -0.2) is 9.67 Å². The molecule has 0 spiro atoms. The number of hydrogen-bond donors (Lipinski definition) is 1. The fourth-order valence-corrected chi connectivity index (χ4v) is 2.89. The number of benzene rings is 1. The van der Waals surface area contributed by atoms with Crippen LogP contribution in [0.15, 0.2) is 29.7 Å². The van der Waals surface area contributed by atoms with Gasteiger partial charge >= 0.3 is 0 Å². The molecule has 2 aromatic rings. The van der Waals surface area contributed by atoms with Gasteiger partial charge < -0.3 is 10.1 Å². The predicted molar refractivity (Wildman–Crippen MR) is 85.6 cm³/mol.